The minimum atomic E-state index is -2.85. The largest absolute Gasteiger partial charge is 0.177 e. The maximum Gasteiger partial charge on any atom is 0.177 e. The number of rotatable bonds is 7. The highest BCUT2D eigenvalue weighted by atomic mass is 28.3. The molecule has 0 bridgehead atoms. The molecule has 0 saturated heterocycles. The lowest BCUT2D eigenvalue weighted by Crippen LogP contribution is -2.73. The van der Waals surface area contributed by atoms with Crippen molar-refractivity contribution >= 4 is 63.4 Å². The van der Waals surface area contributed by atoms with Gasteiger partial charge in [0.2, 0.25) is 0 Å². The quantitative estimate of drug-likeness (QED) is 0.174. The maximum atomic E-state index is 2.75. The van der Waals surface area contributed by atoms with Crippen molar-refractivity contribution in [2.24, 2.45) is 5.92 Å². The lowest BCUT2D eigenvalue weighted by Gasteiger charge is -2.43. The molecular formula is C42H64Si4. The first-order chi connectivity index (χ1) is 20.9. The van der Waals surface area contributed by atoms with Gasteiger partial charge in [-0.05, 0) is 123 Å². The molecule has 3 aromatic carbocycles. The molecule has 0 radical (unpaired) electrons. The average Bonchev–Trinajstić information content (AvgIpc) is 3.11. The average molecular weight is 681 g/mol. The summed E-state index contributed by atoms with van der Waals surface area (Å²) < 4.78 is 0. The summed E-state index contributed by atoms with van der Waals surface area (Å²) in [5.41, 5.74) is 13.5. The molecular weight excluding hydrogens is 617 g/mol. The van der Waals surface area contributed by atoms with E-state index in [0.717, 1.165) is 0 Å². The topological polar surface area (TPSA) is 0 Å². The first-order valence-corrected chi connectivity index (χ1v) is 30.1. The molecule has 0 nitrogen and oxygen atoms in total. The molecule has 0 amide bonds. The van der Waals surface area contributed by atoms with E-state index >= 15 is 0 Å². The van der Waals surface area contributed by atoms with Crippen LogP contribution < -0.4 is 31.1 Å². The Morgan fingerprint density at radius 2 is 0.696 bits per heavy atom. The second kappa shape index (κ2) is 12.2. The predicted molar refractivity (Wildman–Crippen MR) is 222 cm³/mol. The second-order valence-corrected chi connectivity index (χ2v) is 36.9. The van der Waals surface area contributed by atoms with Gasteiger partial charge >= 0.3 is 0 Å². The summed E-state index contributed by atoms with van der Waals surface area (Å²) in [5, 5.41) is 11.5. The molecule has 1 atom stereocenters. The normalized spacial score (nSPS) is 16.6. The fourth-order valence-electron chi connectivity index (χ4n) is 7.89. The Balaban J connectivity index is 2.50. The molecule has 1 aliphatic rings. The van der Waals surface area contributed by atoms with Gasteiger partial charge in [-0.25, -0.2) is 0 Å². The minimum absolute atomic E-state index is 0.410. The maximum absolute atomic E-state index is 2.85. The van der Waals surface area contributed by atoms with E-state index in [9.17, 15) is 0 Å². The van der Waals surface area contributed by atoms with Crippen LogP contribution in [0, 0.1) is 47.5 Å². The molecule has 1 unspecified atom stereocenters. The summed E-state index contributed by atoms with van der Waals surface area (Å²) in [4.78, 5) is 0. The third kappa shape index (κ3) is 6.06. The van der Waals surface area contributed by atoms with Gasteiger partial charge in [0.05, 0.1) is 24.2 Å². The van der Waals surface area contributed by atoms with Crippen LogP contribution in [0.4, 0.5) is 0 Å². The molecule has 0 aliphatic heterocycles. The van der Waals surface area contributed by atoms with Crippen molar-refractivity contribution in [2.75, 3.05) is 0 Å². The number of hydrogen-bond acceptors (Lipinski definition) is 0. The second-order valence-electron chi connectivity index (χ2n) is 18.0. The Labute approximate surface area is 287 Å². The van der Waals surface area contributed by atoms with E-state index in [1.54, 1.807) is 47.5 Å². The summed E-state index contributed by atoms with van der Waals surface area (Å²) in [6.45, 7) is 47.2. The van der Waals surface area contributed by atoms with Crippen molar-refractivity contribution in [3.8, 4) is 0 Å². The van der Waals surface area contributed by atoms with Crippen LogP contribution in [0.5, 0.6) is 0 Å². The van der Waals surface area contributed by atoms with E-state index in [1.807, 2.05) is 0 Å². The molecule has 0 saturated carbocycles. The zero-order valence-electron chi connectivity index (χ0n) is 33.0. The highest BCUT2D eigenvalue weighted by Crippen LogP contribution is 2.42. The monoisotopic (exact) mass is 680 g/mol. The molecule has 0 aromatic heterocycles. The van der Waals surface area contributed by atoms with Gasteiger partial charge in [0, 0.05) is 0 Å². The highest BCUT2D eigenvalue weighted by molar-refractivity contribution is 7.17. The van der Waals surface area contributed by atoms with Crippen LogP contribution in [-0.4, -0.2) is 32.3 Å². The van der Waals surface area contributed by atoms with E-state index < -0.39 is 32.3 Å². The van der Waals surface area contributed by atoms with E-state index in [1.165, 1.54) is 39.0 Å². The Morgan fingerprint density at radius 3 is 0.913 bits per heavy atom. The van der Waals surface area contributed by atoms with Gasteiger partial charge in [-0.3, -0.25) is 0 Å². The van der Waals surface area contributed by atoms with E-state index in [0.29, 0.717) is 5.92 Å². The van der Waals surface area contributed by atoms with Crippen molar-refractivity contribution in [1.82, 2.24) is 0 Å². The molecule has 0 heterocycles. The van der Waals surface area contributed by atoms with Gasteiger partial charge in [0.15, 0.2) is 8.07 Å². The van der Waals surface area contributed by atoms with Crippen LogP contribution in [0.3, 0.4) is 0 Å². The van der Waals surface area contributed by atoms with E-state index in [-0.39, 0.29) is 0 Å². The Hall–Kier alpha value is -1.99. The lowest BCUT2D eigenvalue weighted by atomic mass is 10.1. The number of benzene rings is 3. The van der Waals surface area contributed by atoms with E-state index in [4.69, 9.17) is 0 Å². The van der Waals surface area contributed by atoms with Crippen molar-refractivity contribution in [3.63, 3.8) is 0 Å². The fraction of sp³-hybridized carbons (Fsp3) is 0.476. The number of allylic oxidation sites excluding steroid dienone is 4. The molecule has 248 valence electrons. The standard InChI is InChI=1S/C42H64Si4/c1-26-20-36(43(11,12)13)23-39(29(26)4)46(42-34(9)32(7)33(8)35(42)10,40-24-37(44(14,15)16)21-27(2)30(40)5)41-25-38(45(17,18)19)22-28(3)31(41)6/h20-25,34H,1-19H3. The van der Waals surface area contributed by atoms with Crippen LogP contribution in [-0.2, 0) is 0 Å². The van der Waals surface area contributed by atoms with Crippen LogP contribution in [0.25, 0.3) is 0 Å². The van der Waals surface area contributed by atoms with Crippen molar-refractivity contribution in [2.45, 2.75) is 128 Å². The molecule has 4 rings (SSSR count). The zero-order chi connectivity index (χ0) is 35.1. The van der Waals surface area contributed by atoms with Crippen molar-refractivity contribution < 1.29 is 0 Å². The molecule has 4 heteroatoms. The molecule has 0 N–H and O–H groups in total. The van der Waals surface area contributed by atoms with Gasteiger partial charge in [-0.2, -0.15) is 0 Å². The first kappa shape index (κ1) is 36.8. The third-order valence-electron chi connectivity index (χ3n) is 11.9. The summed E-state index contributed by atoms with van der Waals surface area (Å²) >= 11 is 0. The summed E-state index contributed by atoms with van der Waals surface area (Å²) in [7, 11) is -7.72. The number of hydrogen-bond donors (Lipinski definition) is 0. The molecule has 46 heavy (non-hydrogen) atoms. The van der Waals surface area contributed by atoms with Crippen LogP contribution in [0.1, 0.15) is 61.1 Å². The summed E-state index contributed by atoms with van der Waals surface area (Å²) in [5.74, 6) is 0.410. The van der Waals surface area contributed by atoms with Crippen molar-refractivity contribution in [1.29, 1.82) is 0 Å². The van der Waals surface area contributed by atoms with Gasteiger partial charge in [-0.1, -0.05) is 134 Å². The fourth-order valence-corrected chi connectivity index (χ4v) is 18.8. The molecule has 3 aromatic rings. The summed E-state index contributed by atoms with van der Waals surface area (Å²) in [6, 6.07) is 15.9. The van der Waals surface area contributed by atoms with Crippen molar-refractivity contribution in [3.05, 3.63) is 91.7 Å². The number of aryl methyl sites for hydroxylation is 3. The predicted octanol–water partition coefficient (Wildman–Crippen LogP) is 8.48. The van der Waals surface area contributed by atoms with Crippen LogP contribution in [0.2, 0.25) is 58.9 Å². The summed E-state index contributed by atoms with van der Waals surface area (Å²) in [6.07, 6.45) is 0. The molecule has 0 fully saturated rings. The van der Waals surface area contributed by atoms with Gasteiger partial charge < -0.3 is 0 Å². The van der Waals surface area contributed by atoms with E-state index in [2.05, 4.69) is 165 Å². The Morgan fingerprint density at radius 1 is 0.413 bits per heavy atom. The van der Waals surface area contributed by atoms with Gasteiger partial charge in [0.25, 0.3) is 0 Å². The third-order valence-corrected chi connectivity index (χ3v) is 23.5. The van der Waals surface area contributed by atoms with Gasteiger partial charge in [0.1, 0.15) is 0 Å². The minimum Gasteiger partial charge on any atom is -0.0656 e. The van der Waals surface area contributed by atoms with Gasteiger partial charge in [-0.15, -0.1) is 0 Å². The molecule has 1 aliphatic carbocycles. The highest BCUT2D eigenvalue weighted by Gasteiger charge is 2.51. The Kier molecular flexibility index (Phi) is 9.74. The van der Waals surface area contributed by atoms with Crippen LogP contribution >= 0.6 is 0 Å². The van der Waals surface area contributed by atoms with Crippen LogP contribution in [0.15, 0.2) is 58.3 Å². The zero-order valence-corrected chi connectivity index (χ0v) is 37.0. The Bertz CT molecular complexity index is 1610. The SMILES string of the molecule is CC1=C(C)C(C)C([Si](c2cc([Si](C)(C)C)cc(C)c2C)(c2cc([Si](C)(C)C)cc(C)c2C)c2cc([Si](C)(C)C)cc(C)c2C)=C1C. The molecule has 0 spiro atoms. The first-order valence-electron chi connectivity index (χ1n) is 17.6. The smallest absolute Gasteiger partial charge is 0.0656 e. The lowest BCUT2D eigenvalue weighted by molar-refractivity contribution is 0.851.